The van der Waals surface area contributed by atoms with Crippen LogP contribution in [-0.2, 0) is 0 Å². The second kappa shape index (κ2) is 6.88. The number of thioether (sulfide) groups is 1. The van der Waals surface area contributed by atoms with Gasteiger partial charge in [-0.1, -0.05) is 18.2 Å². The maximum Gasteiger partial charge on any atom is 0.389 e. The zero-order chi connectivity index (χ0) is 12.7. The van der Waals surface area contributed by atoms with E-state index in [0.717, 1.165) is 4.90 Å². The van der Waals surface area contributed by atoms with E-state index in [2.05, 4.69) is 5.43 Å². The fraction of sp³-hybridized carbons (Fsp3) is 0.455. The predicted octanol–water partition coefficient (Wildman–Crippen LogP) is 2.95. The highest BCUT2D eigenvalue weighted by molar-refractivity contribution is 7.99. The van der Waals surface area contributed by atoms with Gasteiger partial charge in [0.05, 0.1) is 0 Å². The van der Waals surface area contributed by atoms with Gasteiger partial charge in [-0.3, -0.25) is 11.3 Å². The topological polar surface area (TPSA) is 38.0 Å². The van der Waals surface area contributed by atoms with Crippen molar-refractivity contribution in [2.24, 2.45) is 5.84 Å². The fourth-order valence-electron chi connectivity index (χ4n) is 1.27. The summed E-state index contributed by atoms with van der Waals surface area (Å²) in [5, 5.41) is 0. The molecule has 17 heavy (non-hydrogen) atoms. The van der Waals surface area contributed by atoms with E-state index in [1.165, 1.54) is 11.8 Å². The molecule has 0 radical (unpaired) electrons. The van der Waals surface area contributed by atoms with Crippen LogP contribution in [0.3, 0.4) is 0 Å². The van der Waals surface area contributed by atoms with Gasteiger partial charge in [0, 0.05) is 23.1 Å². The zero-order valence-electron chi connectivity index (χ0n) is 9.20. The summed E-state index contributed by atoms with van der Waals surface area (Å²) in [5.41, 5.74) is 2.42. The number of alkyl halides is 3. The zero-order valence-corrected chi connectivity index (χ0v) is 10.0. The lowest BCUT2D eigenvalue weighted by atomic mass is 10.2. The van der Waals surface area contributed by atoms with Crippen LogP contribution in [0.5, 0.6) is 0 Å². The van der Waals surface area contributed by atoms with Crippen molar-refractivity contribution in [3.63, 3.8) is 0 Å². The molecule has 0 saturated heterocycles. The van der Waals surface area contributed by atoms with E-state index in [1.807, 2.05) is 30.3 Å². The first kappa shape index (κ1) is 14.3. The third-order valence-electron chi connectivity index (χ3n) is 2.21. The van der Waals surface area contributed by atoms with E-state index in [0.29, 0.717) is 5.75 Å². The lowest BCUT2D eigenvalue weighted by molar-refractivity contribution is -0.136. The Morgan fingerprint density at radius 1 is 1.24 bits per heavy atom. The number of rotatable bonds is 6. The van der Waals surface area contributed by atoms with Crippen molar-refractivity contribution in [1.82, 2.24) is 5.43 Å². The van der Waals surface area contributed by atoms with E-state index in [4.69, 9.17) is 5.84 Å². The van der Waals surface area contributed by atoms with Crippen molar-refractivity contribution in [2.45, 2.75) is 30.0 Å². The van der Waals surface area contributed by atoms with Gasteiger partial charge in [0.25, 0.3) is 0 Å². The third-order valence-corrected chi connectivity index (χ3v) is 3.38. The van der Waals surface area contributed by atoms with Crippen LogP contribution < -0.4 is 11.3 Å². The minimum Gasteiger partial charge on any atom is -0.271 e. The quantitative estimate of drug-likeness (QED) is 0.471. The second-order valence-electron chi connectivity index (χ2n) is 3.64. The lowest BCUT2D eigenvalue weighted by Crippen LogP contribution is -2.37. The van der Waals surface area contributed by atoms with Crippen LogP contribution in [0.25, 0.3) is 0 Å². The summed E-state index contributed by atoms with van der Waals surface area (Å²) >= 11 is 1.49. The van der Waals surface area contributed by atoms with Crippen molar-refractivity contribution in [3.05, 3.63) is 30.3 Å². The van der Waals surface area contributed by atoms with Gasteiger partial charge >= 0.3 is 6.18 Å². The van der Waals surface area contributed by atoms with Crippen LogP contribution in [0, 0.1) is 0 Å². The van der Waals surface area contributed by atoms with Crippen LogP contribution in [0.2, 0.25) is 0 Å². The summed E-state index contributed by atoms with van der Waals surface area (Å²) in [6, 6.07) is 9.18. The first-order chi connectivity index (χ1) is 8.01. The van der Waals surface area contributed by atoms with Crippen molar-refractivity contribution >= 4 is 11.8 Å². The molecule has 3 N–H and O–H groups in total. The molecule has 0 aliphatic rings. The van der Waals surface area contributed by atoms with Crippen LogP contribution in [0.4, 0.5) is 13.2 Å². The van der Waals surface area contributed by atoms with Gasteiger partial charge in [-0.25, -0.2) is 0 Å². The molecule has 2 nitrogen and oxygen atoms in total. The number of benzene rings is 1. The maximum atomic E-state index is 12.0. The highest BCUT2D eigenvalue weighted by Gasteiger charge is 2.28. The van der Waals surface area contributed by atoms with Crippen molar-refractivity contribution in [1.29, 1.82) is 0 Å². The van der Waals surface area contributed by atoms with Crippen LogP contribution in [-0.4, -0.2) is 18.0 Å². The number of hydrazine groups is 1. The Bertz CT molecular complexity index is 316. The Hall–Kier alpha value is -0.720. The average Bonchev–Trinajstić information content (AvgIpc) is 2.29. The molecule has 1 aromatic rings. The standard InChI is InChI=1S/C11H15F3N2S/c12-11(13,14)7-6-9(16-15)8-17-10-4-2-1-3-5-10/h1-5,9,16H,6-8,15H2. The van der Waals surface area contributed by atoms with Crippen molar-refractivity contribution in [2.75, 3.05) is 5.75 Å². The normalized spacial score (nSPS) is 13.6. The summed E-state index contributed by atoms with van der Waals surface area (Å²) in [5.74, 6) is 5.76. The maximum absolute atomic E-state index is 12.0. The van der Waals surface area contributed by atoms with Crippen molar-refractivity contribution in [3.8, 4) is 0 Å². The smallest absolute Gasteiger partial charge is 0.271 e. The van der Waals surface area contributed by atoms with Gasteiger partial charge < -0.3 is 0 Å². The minimum atomic E-state index is -4.12. The van der Waals surface area contributed by atoms with Crippen LogP contribution in [0.15, 0.2) is 35.2 Å². The van der Waals surface area contributed by atoms with E-state index >= 15 is 0 Å². The highest BCUT2D eigenvalue weighted by Crippen LogP contribution is 2.24. The molecule has 1 unspecified atom stereocenters. The minimum absolute atomic E-state index is 0.000165. The lowest BCUT2D eigenvalue weighted by Gasteiger charge is -2.16. The van der Waals surface area contributed by atoms with E-state index in [1.54, 1.807) is 0 Å². The molecule has 6 heteroatoms. The van der Waals surface area contributed by atoms with Gasteiger partial charge in [0.2, 0.25) is 0 Å². The van der Waals surface area contributed by atoms with Gasteiger partial charge in [-0.15, -0.1) is 11.8 Å². The number of halogens is 3. The molecule has 0 fully saturated rings. The monoisotopic (exact) mass is 264 g/mol. The number of nitrogens with one attached hydrogen (secondary N) is 1. The first-order valence-electron chi connectivity index (χ1n) is 5.22. The molecule has 0 heterocycles. The molecular weight excluding hydrogens is 249 g/mol. The summed E-state index contributed by atoms with van der Waals surface area (Å²) in [4.78, 5) is 1.03. The number of nitrogens with two attached hydrogens (primary N) is 1. The predicted molar refractivity (Wildman–Crippen MR) is 63.6 cm³/mol. The van der Waals surface area contributed by atoms with E-state index < -0.39 is 12.6 Å². The van der Waals surface area contributed by atoms with Crippen LogP contribution >= 0.6 is 11.8 Å². The van der Waals surface area contributed by atoms with Crippen LogP contribution in [0.1, 0.15) is 12.8 Å². The molecule has 0 aliphatic carbocycles. The average molecular weight is 264 g/mol. The summed E-state index contributed by atoms with van der Waals surface area (Å²) in [7, 11) is 0. The Labute approximate surface area is 103 Å². The van der Waals surface area contributed by atoms with Gasteiger partial charge in [-0.05, 0) is 18.6 Å². The molecule has 0 spiro atoms. The Balaban J connectivity index is 2.33. The molecule has 0 aromatic heterocycles. The molecule has 0 bridgehead atoms. The van der Waals surface area contributed by atoms with E-state index in [-0.39, 0.29) is 12.5 Å². The van der Waals surface area contributed by atoms with E-state index in [9.17, 15) is 13.2 Å². The summed E-state index contributed by atoms with van der Waals surface area (Å²) < 4.78 is 36.1. The molecule has 0 aliphatic heterocycles. The number of hydrogen-bond acceptors (Lipinski definition) is 3. The van der Waals surface area contributed by atoms with Crippen molar-refractivity contribution < 1.29 is 13.2 Å². The molecule has 0 saturated carbocycles. The molecule has 96 valence electrons. The number of hydrogen-bond donors (Lipinski definition) is 2. The van der Waals surface area contributed by atoms with Gasteiger partial charge in [-0.2, -0.15) is 13.2 Å². The highest BCUT2D eigenvalue weighted by atomic mass is 32.2. The molecule has 1 aromatic carbocycles. The molecular formula is C11H15F3N2S. The SMILES string of the molecule is NNC(CCC(F)(F)F)CSc1ccccc1. The largest absolute Gasteiger partial charge is 0.389 e. The first-order valence-corrected chi connectivity index (χ1v) is 6.20. The third kappa shape index (κ3) is 6.55. The fourth-order valence-corrected chi connectivity index (χ4v) is 2.27. The Morgan fingerprint density at radius 2 is 1.88 bits per heavy atom. The second-order valence-corrected chi connectivity index (χ2v) is 4.73. The molecule has 1 rings (SSSR count). The molecule has 0 amide bonds. The summed E-state index contributed by atoms with van der Waals surface area (Å²) in [6.07, 6.45) is -4.93. The summed E-state index contributed by atoms with van der Waals surface area (Å²) in [6.45, 7) is 0. The molecule has 1 atom stereocenters. The van der Waals surface area contributed by atoms with Gasteiger partial charge in [0.15, 0.2) is 0 Å². The Kier molecular flexibility index (Phi) is 5.80. The van der Waals surface area contributed by atoms with Gasteiger partial charge in [0.1, 0.15) is 0 Å². The Morgan fingerprint density at radius 3 is 2.41 bits per heavy atom.